The van der Waals surface area contributed by atoms with E-state index in [9.17, 15) is 0 Å². The molecule has 282 valence electrons. The highest BCUT2D eigenvalue weighted by Crippen LogP contribution is 2.46. The predicted octanol–water partition coefficient (Wildman–Crippen LogP) is 16.1. The van der Waals surface area contributed by atoms with Crippen molar-refractivity contribution in [2.24, 2.45) is 0 Å². The van der Waals surface area contributed by atoms with Crippen molar-refractivity contribution < 1.29 is 0 Å². The highest BCUT2D eigenvalue weighted by molar-refractivity contribution is 6.23. The number of hydrogen-bond donors (Lipinski definition) is 0. The van der Waals surface area contributed by atoms with Crippen LogP contribution in [-0.4, -0.2) is 9.38 Å². The number of imidazole rings is 1. The fourth-order valence-electron chi connectivity index (χ4n) is 10.0. The topological polar surface area (TPSA) is 17.3 Å². The summed E-state index contributed by atoms with van der Waals surface area (Å²) >= 11 is 0. The summed E-state index contributed by atoms with van der Waals surface area (Å²) in [6.45, 7) is 0. The molecule has 11 aromatic carbocycles. The van der Waals surface area contributed by atoms with Crippen molar-refractivity contribution in [3.05, 3.63) is 218 Å². The zero-order chi connectivity index (χ0) is 40.0. The first-order valence-electron chi connectivity index (χ1n) is 21.0. The van der Waals surface area contributed by atoms with E-state index < -0.39 is 0 Å². The lowest BCUT2D eigenvalue weighted by molar-refractivity contribution is 1.31. The molecular weight excluding hydrogens is 737 g/mol. The maximum Gasteiger partial charge on any atom is 0.146 e. The third-order valence-corrected chi connectivity index (χ3v) is 12.9. The minimum absolute atomic E-state index is 0.995. The van der Waals surface area contributed by atoms with Crippen LogP contribution in [-0.2, 0) is 0 Å². The molecule has 2 heteroatoms. The molecule has 2 aromatic heterocycles. The molecule has 0 aliphatic rings. The van der Waals surface area contributed by atoms with Gasteiger partial charge in [-0.05, 0) is 142 Å². The molecule has 0 spiro atoms. The van der Waals surface area contributed by atoms with Gasteiger partial charge in [0.15, 0.2) is 0 Å². The Labute approximate surface area is 352 Å². The Morgan fingerprint density at radius 3 is 1.44 bits per heavy atom. The number of para-hydroxylation sites is 2. The summed E-state index contributed by atoms with van der Waals surface area (Å²) < 4.78 is 2.32. The molecule has 0 radical (unpaired) electrons. The normalized spacial score (nSPS) is 11.9. The van der Waals surface area contributed by atoms with Crippen molar-refractivity contribution in [3.63, 3.8) is 0 Å². The van der Waals surface area contributed by atoms with Crippen LogP contribution in [0.5, 0.6) is 0 Å². The molecule has 13 aromatic rings. The molecule has 2 nitrogen and oxygen atoms in total. The van der Waals surface area contributed by atoms with Gasteiger partial charge in [0.2, 0.25) is 0 Å². The molecular formula is C59H36N2. The number of pyridine rings is 1. The monoisotopic (exact) mass is 772 g/mol. The fourth-order valence-corrected chi connectivity index (χ4v) is 10.0. The maximum atomic E-state index is 5.09. The molecule has 0 fully saturated rings. The molecule has 0 aliphatic heterocycles. The lowest BCUT2D eigenvalue weighted by Crippen LogP contribution is -1.93. The van der Waals surface area contributed by atoms with E-state index >= 15 is 0 Å². The molecule has 0 aliphatic carbocycles. The van der Waals surface area contributed by atoms with Gasteiger partial charge in [0.05, 0.1) is 16.6 Å². The minimum atomic E-state index is 0.995. The van der Waals surface area contributed by atoms with E-state index in [0.29, 0.717) is 0 Å². The lowest BCUT2D eigenvalue weighted by atomic mass is 9.84. The molecule has 0 saturated carbocycles. The summed E-state index contributed by atoms with van der Waals surface area (Å²) in [5, 5.41) is 13.6. The van der Waals surface area contributed by atoms with Crippen LogP contribution in [0.3, 0.4) is 0 Å². The molecule has 0 unspecified atom stereocenters. The van der Waals surface area contributed by atoms with Gasteiger partial charge in [0.25, 0.3) is 0 Å². The van der Waals surface area contributed by atoms with Crippen LogP contribution in [0.15, 0.2) is 218 Å². The summed E-state index contributed by atoms with van der Waals surface area (Å²) in [6.07, 6.45) is 0. The second kappa shape index (κ2) is 13.2. The molecule has 13 rings (SSSR count). The van der Waals surface area contributed by atoms with Gasteiger partial charge in [0, 0.05) is 10.8 Å². The van der Waals surface area contributed by atoms with E-state index in [1.54, 1.807) is 0 Å². The Morgan fingerprint density at radius 2 is 0.754 bits per heavy atom. The molecule has 0 atom stereocenters. The molecule has 2 heterocycles. The van der Waals surface area contributed by atoms with Crippen LogP contribution in [0.25, 0.3) is 126 Å². The molecule has 0 N–H and O–H groups in total. The van der Waals surface area contributed by atoms with Gasteiger partial charge in [0.1, 0.15) is 5.65 Å². The van der Waals surface area contributed by atoms with Gasteiger partial charge in [-0.1, -0.05) is 170 Å². The minimum Gasteiger partial charge on any atom is -0.292 e. The summed E-state index contributed by atoms with van der Waals surface area (Å²) in [6, 6.07) is 80.3. The quantitative estimate of drug-likeness (QED) is 0.129. The Bertz CT molecular complexity index is 3950. The average molecular weight is 773 g/mol. The third-order valence-electron chi connectivity index (χ3n) is 12.9. The van der Waals surface area contributed by atoms with Crippen molar-refractivity contribution in [1.82, 2.24) is 9.38 Å². The van der Waals surface area contributed by atoms with Crippen molar-refractivity contribution >= 4 is 81.4 Å². The van der Waals surface area contributed by atoms with E-state index in [2.05, 4.69) is 223 Å². The maximum absolute atomic E-state index is 5.09. The van der Waals surface area contributed by atoms with Crippen molar-refractivity contribution in [3.8, 4) is 44.5 Å². The van der Waals surface area contributed by atoms with E-state index in [4.69, 9.17) is 4.98 Å². The zero-order valence-corrected chi connectivity index (χ0v) is 33.2. The highest BCUT2D eigenvalue weighted by atomic mass is 15.0. The summed E-state index contributed by atoms with van der Waals surface area (Å²) in [5.74, 6) is 0. The van der Waals surface area contributed by atoms with Gasteiger partial charge in [-0.2, -0.15) is 0 Å². The first-order chi connectivity index (χ1) is 30.2. The van der Waals surface area contributed by atoms with Crippen LogP contribution in [0.4, 0.5) is 0 Å². The standard InChI is InChI=1S/C59H36N2/c1-3-14-39-33-45(26-24-37(39)12-1)57-48-19-6-7-20-49(48)58(46-27-25-38-13-2-4-15-40(38)34-46)53-36-43(28-30-50(53)57)41-16-11-17-42(32-41)44-29-31-55-52(35-44)47-18-5-8-21-51(47)59-60-54-22-9-10-23-56(54)61(55)59/h1-36H. The Hall–Kier alpha value is -8.07. The number of hydrogen-bond acceptors (Lipinski definition) is 1. The van der Waals surface area contributed by atoms with Gasteiger partial charge in [-0.3, -0.25) is 4.40 Å². The van der Waals surface area contributed by atoms with E-state index in [1.165, 1.54) is 98.4 Å². The molecule has 0 saturated heterocycles. The smallest absolute Gasteiger partial charge is 0.146 e. The highest BCUT2D eigenvalue weighted by Gasteiger charge is 2.19. The molecule has 0 amide bonds. The third kappa shape index (κ3) is 5.26. The number of nitrogens with zero attached hydrogens (tertiary/aromatic N) is 2. The van der Waals surface area contributed by atoms with Crippen molar-refractivity contribution in [2.75, 3.05) is 0 Å². The SMILES string of the molecule is c1cc(-c2ccc3c(-c4ccc5ccccc5c4)c4ccccc4c(-c4ccc5ccccc5c4)c3c2)cc(-c2ccc3c(c2)c2ccccc2c2nc4ccccc4n32)c1. The van der Waals surface area contributed by atoms with Crippen LogP contribution >= 0.6 is 0 Å². The summed E-state index contributed by atoms with van der Waals surface area (Å²) in [4.78, 5) is 5.09. The van der Waals surface area contributed by atoms with Crippen LogP contribution in [0, 0.1) is 0 Å². The van der Waals surface area contributed by atoms with Crippen molar-refractivity contribution in [1.29, 1.82) is 0 Å². The van der Waals surface area contributed by atoms with Crippen molar-refractivity contribution in [2.45, 2.75) is 0 Å². The van der Waals surface area contributed by atoms with Gasteiger partial charge in [-0.25, -0.2) is 4.98 Å². The summed E-state index contributed by atoms with van der Waals surface area (Å²) in [7, 11) is 0. The van der Waals surface area contributed by atoms with E-state index in [1.807, 2.05) is 0 Å². The number of aromatic nitrogens is 2. The Kier molecular flexibility index (Phi) is 7.34. The second-order valence-electron chi connectivity index (χ2n) is 16.3. The largest absolute Gasteiger partial charge is 0.292 e. The van der Waals surface area contributed by atoms with E-state index in [0.717, 1.165) is 27.6 Å². The number of benzene rings is 11. The first kappa shape index (κ1) is 33.9. The number of fused-ring (bicyclic) bond motifs is 12. The Morgan fingerprint density at radius 1 is 0.262 bits per heavy atom. The van der Waals surface area contributed by atoms with Crippen LogP contribution in [0.1, 0.15) is 0 Å². The Balaban J connectivity index is 1.03. The van der Waals surface area contributed by atoms with Gasteiger partial charge < -0.3 is 0 Å². The number of rotatable bonds is 4. The summed E-state index contributed by atoms with van der Waals surface area (Å²) in [5.41, 5.74) is 14.0. The first-order valence-corrected chi connectivity index (χ1v) is 21.0. The van der Waals surface area contributed by atoms with Crippen LogP contribution in [0.2, 0.25) is 0 Å². The van der Waals surface area contributed by atoms with E-state index in [-0.39, 0.29) is 0 Å². The molecule has 0 bridgehead atoms. The fraction of sp³-hybridized carbons (Fsp3) is 0. The average Bonchev–Trinajstić information content (AvgIpc) is 3.73. The zero-order valence-electron chi connectivity index (χ0n) is 33.2. The predicted molar refractivity (Wildman–Crippen MR) is 259 cm³/mol. The van der Waals surface area contributed by atoms with Gasteiger partial charge in [-0.15, -0.1) is 0 Å². The van der Waals surface area contributed by atoms with Crippen LogP contribution < -0.4 is 0 Å². The lowest BCUT2D eigenvalue weighted by Gasteiger charge is -2.19. The van der Waals surface area contributed by atoms with Gasteiger partial charge >= 0.3 is 0 Å². The second-order valence-corrected chi connectivity index (χ2v) is 16.3. The molecule has 61 heavy (non-hydrogen) atoms.